The predicted molar refractivity (Wildman–Crippen MR) is 127 cm³/mol. The first-order valence-electron chi connectivity index (χ1n) is 9.51. The summed E-state index contributed by atoms with van der Waals surface area (Å²) in [6, 6.07) is 28.0. The number of imidazole rings is 1. The van der Waals surface area contributed by atoms with E-state index in [1.807, 2.05) is 0 Å². The van der Waals surface area contributed by atoms with E-state index >= 15 is 0 Å². The SMILES string of the molecule is Cc1cc(Br)c(Cl)c(-n2c3ccccc3n3c4cc5ccccc5cc4cc23)c1. The molecule has 0 saturated heterocycles. The number of nitrogens with zero attached hydrogens (tertiary/aromatic N) is 2. The third kappa shape index (κ3) is 2.41. The molecule has 29 heavy (non-hydrogen) atoms. The molecule has 0 saturated carbocycles. The zero-order chi connectivity index (χ0) is 19.7. The van der Waals surface area contributed by atoms with Crippen molar-refractivity contribution in [2.75, 3.05) is 0 Å². The Bertz CT molecular complexity index is 1590. The fourth-order valence-corrected chi connectivity index (χ4v) is 5.15. The summed E-state index contributed by atoms with van der Waals surface area (Å²) < 4.78 is 5.51. The molecule has 0 radical (unpaired) electrons. The Balaban J connectivity index is 1.85. The molecule has 0 fully saturated rings. The molecule has 140 valence electrons. The van der Waals surface area contributed by atoms with E-state index < -0.39 is 0 Å². The van der Waals surface area contributed by atoms with Crippen LogP contribution in [0.1, 0.15) is 5.56 Å². The van der Waals surface area contributed by atoms with Crippen LogP contribution in [-0.4, -0.2) is 8.97 Å². The summed E-state index contributed by atoms with van der Waals surface area (Å²) in [5, 5.41) is 4.43. The van der Waals surface area contributed by atoms with Gasteiger partial charge in [-0.2, -0.15) is 0 Å². The minimum absolute atomic E-state index is 0.717. The number of halogens is 2. The lowest BCUT2D eigenvalue weighted by atomic mass is 10.1. The van der Waals surface area contributed by atoms with Gasteiger partial charge in [-0.05, 0) is 81.7 Å². The Labute approximate surface area is 181 Å². The molecule has 2 aromatic heterocycles. The summed E-state index contributed by atoms with van der Waals surface area (Å²) >= 11 is 10.4. The number of aryl methyl sites for hydroxylation is 1. The van der Waals surface area contributed by atoms with Crippen LogP contribution in [-0.2, 0) is 0 Å². The molecular formula is C25H16BrClN2. The van der Waals surface area contributed by atoms with E-state index in [9.17, 15) is 0 Å². The molecular weight excluding hydrogens is 444 g/mol. The van der Waals surface area contributed by atoms with Gasteiger partial charge in [0.15, 0.2) is 0 Å². The Hall–Kier alpha value is -2.75. The molecule has 0 aliphatic rings. The van der Waals surface area contributed by atoms with Crippen molar-refractivity contribution in [2.24, 2.45) is 0 Å². The van der Waals surface area contributed by atoms with Crippen LogP contribution in [0.5, 0.6) is 0 Å². The highest BCUT2D eigenvalue weighted by Gasteiger charge is 2.18. The lowest BCUT2D eigenvalue weighted by Crippen LogP contribution is -1.96. The number of aromatic nitrogens is 2. The molecule has 4 heteroatoms. The quantitative estimate of drug-likeness (QED) is 0.236. The fraction of sp³-hybridized carbons (Fsp3) is 0.0400. The van der Waals surface area contributed by atoms with Gasteiger partial charge in [-0.15, -0.1) is 0 Å². The highest BCUT2D eigenvalue weighted by molar-refractivity contribution is 9.10. The molecule has 6 aromatic rings. The highest BCUT2D eigenvalue weighted by atomic mass is 79.9. The zero-order valence-electron chi connectivity index (χ0n) is 15.7. The van der Waals surface area contributed by atoms with Crippen molar-refractivity contribution in [3.05, 3.63) is 93.9 Å². The maximum absolute atomic E-state index is 6.76. The van der Waals surface area contributed by atoms with E-state index in [1.165, 1.54) is 27.2 Å². The third-order valence-corrected chi connectivity index (χ3v) is 6.89. The minimum atomic E-state index is 0.717. The predicted octanol–water partition coefficient (Wildman–Crippen LogP) is 7.91. The maximum atomic E-state index is 6.76. The average Bonchev–Trinajstić information content (AvgIpc) is 3.23. The zero-order valence-corrected chi connectivity index (χ0v) is 18.0. The van der Waals surface area contributed by atoms with Crippen LogP contribution >= 0.6 is 27.5 Å². The first-order valence-corrected chi connectivity index (χ1v) is 10.7. The van der Waals surface area contributed by atoms with Gasteiger partial charge in [-0.25, -0.2) is 0 Å². The van der Waals surface area contributed by atoms with Crippen molar-refractivity contribution in [1.29, 1.82) is 0 Å². The standard InChI is InChI=1S/C25H16BrClN2/c1-15-10-19(26)25(27)23(11-15)29-21-9-5-4-8-20(21)28-22-13-17-7-3-2-6-16(17)12-18(22)14-24(28)29/h2-14H,1H3. The van der Waals surface area contributed by atoms with Gasteiger partial charge in [0, 0.05) is 9.86 Å². The second kappa shape index (κ2) is 6.12. The van der Waals surface area contributed by atoms with E-state index in [1.54, 1.807) is 0 Å². The van der Waals surface area contributed by atoms with E-state index in [-0.39, 0.29) is 0 Å². The van der Waals surface area contributed by atoms with Crippen LogP contribution in [0.4, 0.5) is 0 Å². The summed E-state index contributed by atoms with van der Waals surface area (Å²) in [7, 11) is 0. The summed E-state index contributed by atoms with van der Waals surface area (Å²) in [5.41, 5.74) is 6.76. The van der Waals surface area contributed by atoms with E-state index in [2.05, 4.69) is 111 Å². The van der Waals surface area contributed by atoms with Crippen molar-refractivity contribution in [3.63, 3.8) is 0 Å². The molecule has 2 nitrogen and oxygen atoms in total. The minimum Gasteiger partial charge on any atom is -0.293 e. The smallest absolute Gasteiger partial charge is 0.123 e. The molecule has 0 bridgehead atoms. The third-order valence-electron chi connectivity index (χ3n) is 5.64. The topological polar surface area (TPSA) is 9.34 Å². The van der Waals surface area contributed by atoms with Gasteiger partial charge in [-0.3, -0.25) is 8.97 Å². The van der Waals surface area contributed by atoms with Crippen LogP contribution in [0.3, 0.4) is 0 Å². The average molecular weight is 460 g/mol. The number of benzene rings is 4. The van der Waals surface area contributed by atoms with Crippen LogP contribution in [0.2, 0.25) is 5.02 Å². The molecule has 0 amide bonds. The molecule has 4 aromatic carbocycles. The number of hydrogen-bond acceptors (Lipinski definition) is 0. The normalized spacial score (nSPS) is 12.0. The van der Waals surface area contributed by atoms with Crippen LogP contribution in [0.25, 0.3) is 44.0 Å². The van der Waals surface area contributed by atoms with Gasteiger partial charge in [0.1, 0.15) is 5.65 Å². The molecule has 6 rings (SSSR count). The first kappa shape index (κ1) is 17.1. The molecule has 0 aliphatic carbocycles. The summed E-state index contributed by atoms with van der Waals surface area (Å²) in [4.78, 5) is 0. The molecule has 2 heterocycles. The van der Waals surface area contributed by atoms with Crippen molar-refractivity contribution in [2.45, 2.75) is 6.92 Å². The van der Waals surface area contributed by atoms with Gasteiger partial charge in [-0.1, -0.05) is 48.0 Å². The molecule has 0 N–H and O–H groups in total. The van der Waals surface area contributed by atoms with E-state index in [0.717, 1.165) is 26.9 Å². The van der Waals surface area contributed by atoms with Gasteiger partial charge >= 0.3 is 0 Å². The van der Waals surface area contributed by atoms with Crippen LogP contribution in [0.15, 0.2) is 83.3 Å². The van der Waals surface area contributed by atoms with Crippen molar-refractivity contribution in [1.82, 2.24) is 8.97 Å². The number of rotatable bonds is 1. The second-order valence-electron chi connectivity index (χ2n) is 7.50. The summed E-state index contributed by atoms with van der Waals surface area (Å²) in [6.07, 6.45) is 0. The number of hydrogen-bond donors (Lipinski definition) is 0. The maximum Gasteiger partial charge on any atom is 0.123 e. The molecule has 0 spiro atoms. The lowest BCUT2D eigenvalue weighted by Gasteiger charge is -2.11. The van der Waals surface area contributed by atoms with Gasteiger partial charge in [0.05, 0.1) is 27.3 Å². The summed E-state index contributed by atoms with van der Waals surface area (Å²) in [5.74, 6) is 0. The molecule has 0 aliphatic heterocycles. The Morgan fingerprint density at radius 3 is 2.21 bits per heavy atom. The fourth-order valence-electron chi connectivity index (χ4n) is 4.39. The van der Waals surface area contributed by atoms with Crippen LogP contribution < -0.4 is 0 Å². The molecule has 0 unspecified atom stereocenters. The number of para-hydroxylation sites is 2. The van der Waals surface area contributed by atoms with Crippen molar-refractivity contribution in [3.8, 4) is 5.69 Å². The molecule has 0 atom stereocenters. The van der Waals surface area contributed by atoms with Crippen molar-refractivity contribution >= 4 is 65.9 Å². The lowest BCUT2D eigenvalue weighted by molar-refractivity contribution is 1.14. The Morgan fingerprint density at radius 1 is 0.724 bits per heavy atom. The van der Waals surface area contributed by atoms with Gasteiger partial charge in [0.25, 0.3) is 0 Å². The van der Waals surface area contributed by atoms with Gasteiger partial charge < -0.3 is 0 Å². The largest absolute Gasteiger partial charge is 0.293 e. The monoisotopic (exact) mass is 458 g/mol. The second-order valence-corrected chi connectivity index (χ2v) is 8.73. The van der Waals surface area contributed by atoms with E-state index in [0.29, 0.717) is 5.02 Å². The highest BCUT2D eigenvalue weighted by Crippen LogP contribution is 2.37. The number of fused-ring (bicyclic) bond motifs is 6. The van der Waals surface area contributed by atoms with Crippen LogP contribution in [0, 0.1) is 6.92 Å². The summed E-state index contributed by atoms with van der Waals surface area (Å²) in [6.45, 7) is 2.09. The van der Waals surface area contributed by atoms with E-state index in [4.69, 9.17) is 11.6 Å². The van der Waals surface area contributed by atoms with Gasteiger partial charge in [0.2, 0.25) is 0 Å². The first-order chi connectivity index (χ1) is 14.1. The Kier molecular flexibility index (Phi) is 3.62. The Morgan fingerprint density at radius 2 is 1.41 bits per heavy atom. The van der Waals surface area contributed by atoms with Crippen molar-refractivity contribution < 1.29 is 0 Å².